The fourth-order valence-corrected chi connectivity index (χ4v) is 5.45. The maximum absolute atomic E-state index is 13.2. The Labute approximate surface area is 180 Å². The molecule has 2 aliphatic rings. The molecular weight excluding hydrogens is 374 g/mol. The third kappa shape index (κ3) is 4.03. The fourth-order valence-electron chi connectivity index (χ4n) is 5.45. The highest BCUT2D eigenvalue weighted by atomic mass is 16.2. The van der Waals surface area contributed by atoms with E-state index in [1.165, 1.54) is 16.8 Å². The van der Waals surface area contributed by atoms with Gasteiger partial charge >= 0.3 is 0 Å². The van der Waals surface area contributed by atoms with E-state index in [0.29, 0.717) is 0 Å². The van der Waals surface area contributed by atoms with E-state index < -0.39 is 0 Å². The largest absolute Gasteiger partial charge is 0.344 e. The van der Waals surface area contributed by atoms with Crippen LogP contribution >= 0.6 is 0 Å². The SMILES string of the molecule is Cc1nn(C)c(C)c1CCN(C)C(=O)C1CC2(CN(Cc3ccccc3)C2)CN1C. The average molecular weight is 410 g/mol. The highest BCUT2D eigenvalue weighted by molar-refractivity contribution is 5.82. The molecule has 2 aromatic rings. The average Bonchev–Trinajstić information content (AvgIpc) is 3.16. The Balaban J connectivity index is 1.30. The number of carbonyl (C=O) groups is 1. The lowest BCUT2D eigenvalue weighted by Gasteiger charge is -2.48. The molecule has 30 heavy (non-hydrogen) atoms. The number of hydrogen-bond donors (Lipinski definition) is 0. The third-order valence-electron chi connectivity index (χ3n) is 7.13. The molecule has 0 aliphatic carbocycles. The van der Waals surface area contributed by atoms with Crippen molar-refractivity contribution in [3.63, 3.8) is 0 Å². The minimum absolute atomic E-state index is 0.00460. The number of rotatable bonds is 6. The van der Waals surface area contributed by atoms with Crippen molar-refractivity contribution in [3.05, 3.63) is 52.8 Å². The molecule has 6 nitrogen and oxygen atoms in total. The van der Waals surface area contributed by atoms with Gasteiger partial charge in [0.25, 0.3) is 0 Å². The van der Waals surface area contributed by atoms with Crippen molar-refractivity contribution >= 4 is 5.91 Å². The van der Waals surface area contributed by atoms with Gasteiger partial charge in [-0.2, -0.15) is 5.10 Å². The molecule has 1 spiro atoms. The predicted octanol–water partition coefficient (Wildman–Crippen LogP) is 2.24. The lowest BCUT2D eigenvalue weighted by molar-refractivity contribution is -0.134. The fraction of sp³-hybridized carbons (Fsp3) is 0.583. The van der Waals surface area contributed by atoms with Crippen LogP contribution in [-0.2, 0) is 24.8 Å². The minimum atomic E-state index is 0.00460. The van der Waals surface area contributed by atoms with Crippen LogP contribution in [0.25, 0.3) is 0 Å². The van der Waals surface area contributed by atoms with Gasteiger partial charge < -0.3 is 4.90 Å². The summed E-state index contributed by atoms with van der Waals surface area (Å²) in [5.74, 6) is 0.259. The highest BCUT2D eigenvalue weighted by Gasteiger charge is 2.52. The highest BCUT2D eigenvalue weighted by Crippen LogP contribution is 2.42. The number of likely N-dealkylation sites (N-methyl/N-ethyl adjacent to an activating group) is 2. The lowest BCUT2D eigenvalue weighted by atomic mass is 9.77. The van der Waals surface area contributed by atoms with Crippen molar-refractivity contribution < 1.29 is 4.79 Å². The molecule has 1 aromatic carbocycles. The first-order valence-corrected chi connectivity index (χ1v) is 11.0. The summed E-state index contributed by atoms with van der Waals surface area (Å²) in [4.78, 5) is 19.9. The van der Waals surface area contributed by atoms with Gasteiger partial charge in [0, 0.05) is 57.9 Å². The van der Waals surface area contributed by atoms with Crippen LogP contribution in [0.5, 0.6) is 0 Å². The van der Waals surface area contributed by atoms with E-state index in [2.05, 4.69) is 66.1 Å². The van der Waals surface area contributed by atoms with E-state index in [9.17, 15) is 4.79 Å². The molecule has 3 heterocycles. The van der Waals surface area contributed by atoms with Crippen molar-refractivity contribution in [2.45, 2.75) is 39.3 Å². The van der Waals surface area contributed by atoms with Crippen molar-refractivity contribution in [1.82, 2.24) is 24.5 Å². The van der Waals surface area contributed by atoms with E-state index in [1.54, 1.807) is 0 Å². The van der Waals surface area contributed by atoms with Gasteiger partial charge in [0.05, 0.1) is 11.7 Å². The Bertz CT molecular complexity index is 900. The van der Waals surface area contributed by atoms with Gasteiger partial charge in [-0.05, 0) is 44.9 Å². The Kier molecular flexibility index (Phi) is 5.73. The number of nitrogens with zero attached hydrogens (tertiary/aromatic N) is 5. The van der Waals surface area contributed by atoms with E-state index in [4.69, 9.17) is 0 Å². The normalized spacial score (nSPS) is 21.2. The second-order valence-electron chi connectivity index (χ2n) is 9.55. The Morgan fingerprint density at radius 3 is 2.50 bits per heavy atom. The zero-order chi connectivity index (χ0) is 21.5. The smallest absolute Gasteiger partial charge is 0.239 e. The number of aromatic nitrogens is 2. The standard InChI is InChI=1S/C24H35N5O/c1-18-21(19(2)28(5)25-18)11-12-26(3)23(30)22-13-24(15-27(22)4)16-29(17-24)14-20-9-7-6-8-10-20/h6-10,22H,11-17H2,1-5H3. The molecule has 1 aromatic heterocycles. The van der Waals surface area contributed by atoms with Crippen molar-refractivity contribution in [3.8, 4) is 0 Å². The maximum atomic E-state index is 13.2. The zero-order valence-electron chi connectivity index (χ0n) is 19.1. The van der Waals surface area contributed by atoms with Gasteiger partial charge in [-0.25, -0.2) is 0 Å². The van der Waals surface area contributed by atoms with E-state index in [0.717, 1.165) is 51.3 Å². The molecule has 6 heteroatoms. The van der Waals surface area contributed by atoms with Crippen LogP contribution in [0.2, 0.25) is 0 Å². The number of benzene rings is 1. The monoisotopic (exact) mass is 409 g/mol. The first-order chi connectivity index (χ1) is 14.3. The molecule has 2 fully saturated rings. The van der Waals surface area contributed by atoms with E-state index in [-0.39, 0.29) is 17.4 Å². The van der Waals surface area contributed by atoms with Crippen molar-refractivity contribution in [2.24, 2.45) is 12.5 Å². The molecule has 0 bridgehead atoms. The number of hydrogen-bond acceptors (Lipinski definition) is 4. The van der Waals surface area contributed by atoms with Crippen LogP contribution in [0.15, 0.2) is 30.3 Å². The van der Waals surface area contributed by atoms with E-state index in [1.807, 2.05) is 23.7 Å². The molecule has 0 radical (unpaired) electrons. The van der Waals surface area contributed by atoms with Crippen molar-refractivity contribution in [1.29, 1.82) is 0 Å². The van der Waals surface area contributed by atoms with Gasteiger partial charge in [0.15, 0.2) is 0 Å². The molecule has 1 amide bonds. The van der Waals surface area contributed by atoms with Crippen LogP contribution in [-0.4, -0.2) is 76.7 Å². The summed E-state index contributed by atoms with van der Waals surface area (Å²) in [5.41, 5.74) is 5.18. The lowest BCUT2D eigenvalue weighted by Crippen LogP contribution is -2.56. The minimum Gasteiger partial charge on any atom is -0.344 e. The topological polar surface area (TPSA) is 44.6 Å². The molecule has 4 rings (SSSR count). The Hall–Kier alpha value is -2.18. The van der Waals surface area contributed by atoms with Gasteiger partial charge in [-0.15, -0.1) is 0 Å². The van der Waals surface area contributed by atoms with E-state index >= 15 is 0 Å². The molecule has 162 valence electrons. The van der Waals surface area contributed by atoms with Crippen LogP contribution in [0.4, 0.5) is 0 Å². The summed E-state index contributed by atoms with van der Waals surface area (Å²) in [6.45, 7) is 9.10. The number of likely N-dealkylation sites (tertiary alicyclic amines) is 2. The summed E-state index contributed by atoms with van der Waals surface area (Å²) in [6.07, 6.45) is 1.84. The van der Waals surface area contributed by atoms with Crippen LogP contribution in [0.1, 0.15) is 28.9 Å². The second kappa shape index (κ2) is 8.16. The summed E-state index contributed by atoms with van der Waals surface area (Å²) in [6, 6.07) is 10.7. The third-order valence-corrected chi connectivity index (χ3v) is 7.13. The zero-order valence-corrected chi connectivity index (χ0v) is 19.1. The molecule has 2 saturated heterocycles. The van der Waals surface area contributed by atoms with Crippen LogP contribution in [0.3, 0.4) is 0 Å². The Morgan fingerprint density at radius 2 is 1.87 bits per heavy atom. The molecular formula is C24H35N5O. The Morgan fingerprint density at radius 1 is 1.17 bits per heavy atom. The molecule has 2 aliphatic heterocycles. The summed E-state index contributed by atoms with van der Waals surface area (Å²) < 4.78 is 1.93. The summed E-state index contributed by atoms with van der Waals surface area (Å²) in [5, 5.41) is 4.50. The van der Waals surface area contributed by atoms with Gasteiger partial charge in [0.2, 0.25) is 5.91 Å². The van der Waals surface area contributed by atoms with Gasteiger partial charge in [-0.1, -0.05) is 30.3 Å². The number of carbonyl (C=O) groups excluding carboxylic acids is 1. The molecule has 1 unspecified atom stereocenters. The van der Waals surface area contributed by atoms with Gasteiger partial charge in [0.1, 0.15) is 0 Å². The number of amides is 1. The molecule has 0 N–H and O–H groups in total. The molecule has 1 atom stereocenters. The van der Waals surface area contributed by atoms with Crippen LogP contribution < -0.4 is 0 Å². The second-order valence-corrected chi connectivity index (χ2v) is 9.55. The first kappa shape index (κ1) is 21.1. The summed E-state index contributed by atoms with van der Waals surface area (Å²) >= 11 is 0. The summed E-state index contributed by atoms with van der Waals surface area (Å²) in [7, 11) is 6.04. The molecule has 0 saturated carbocycles. The van der Waals surface area contributed by atoms with Crippen LogP contribution in [0, 0.1) is 19.3 Å². The number of aryl methyl sites for hydroxylation is 2. The van der Waals surface area contributed by atoms with Gasteiger partial charge in [-0.3, -0.25) is 19.3 Å². The quantitative estimate of drug-likeness (QED) is 0.734. The first-order valence-electron chi connectivity index (χ1n) is 11.0. The van der Waals surface area contributed by atoms with Crippen molar-refractivity contribution in [2.75, 3.05) is 40.3 Å². The maximum Gasteiger partial charge on any atom is 0.239 e. The predicted molar refractivity (Wildman–Crippen MR) is 119 cm³/mol.